The van der Waals surface area contributed by atoms with E-state index in [9.17, 15) is 24.0 Å². The van der Waals surface area contributed by atoms with Crippen molar-refractivity contribution in [3.05, 3.63) is 29.8 Å². The van der Waals surface area contributed by atoms with Crippen LogP contribution in [0.15, 0.2) is 24.3 Å². The summed E-state index contributed by atoms with van der Waals surface area (Å²) in [6.07, 6.45) is 0. The lowest BCUT2D eigenvalue weighted by molar-refractivity contribution is -0.143. The monoisotopic (exact) mass is 319 g/mol. The summed E-state index contributed by atoms with van der Waals surface area (Å²) in [7, 11) is 2.41. The molecule has 0 aliphatic carbocycles. The lowest BCUT2D eigenvalue weighted by Gasteiger charge is -2.12. The molecule has 5 amide bonds. The molecule has 9 nitrogen and oxygen atoms in total. The van der Waals surface area contributed by atoms with E-state index < -0.39 is 36.3 Å². The molecule has 2 rings (SSSR count). The van der Waals surface area contributed by atoms with E-state index in [0.29, 0.717) is 21.1 Å². The van der Waals surface area contributed by atoms with Crippen LogP contribution in [0.25, 0.3) is 0 Å². The molecule has 0 unspecified atom stereocenters. The Balaban J connectivity index is 2.00. The predicted octanol–water partition coefficient (Wildman–Crippen LogP) is -0.168. The normalized spacial score (nSPS) is 14.3. The summed E-state index contributed by atoms with van der Waals surface area (Å²) in [5.74, 6) is -3.20. The van der Waals surface area contributed by atoms with Gasteiger partial charge in [-0.1, -0.05) is 0 Å². The highest BCUT2D eigenvalue weighted by Crippen LogP contribution is 2.12. The molecule has 1 saturated heterocycles. The maximum Gasteiger partial charge on any atom is 0.337 e. The Morgan fingerprint density at radius 3 is 2.17 bits per heavy atom. The van der Waals surface area contributed by atoms with Gasteiger partial charge in [0.1, 0.15) is 6.54 Å². The summed E-state index contributed by atoms with van der Waals surface area (Å²) in [5, 5.41) is 2.46. The number of rotatable bonds is 4. The van der Waals surface area contributed by atoms with Crippen LogP contribution in [0.4, 0.5) is 10.5 Å². The number of imide groups is 2. The molecular weight excluding hydrogens is 306 g/mol. The van der Waals surface area contributed by atoms with Crippen LogP contribution in [-0.2, 0) is 19.1 Å². The van der Waals surface area contributed by atoms with Crippen molar-refractivity contribution in [1.82, 2.24) is 9.80 Å². The van der Waals surface area contributed by atoms with Crippen molar-refractivity contribution in [2.24, 2.45) is 0 Å². The van der Waals surface area contributed by atoms with Crippen LogP contribution >= 0.6 is 0 Å². The second kappa shape index (κ2) is 6.26. The van der Waals surface area contributed by atoms with Crippen LogP contribution in [0.1, 0.15) is 10.4 Å². The van der Waals surface area contributed by atoms with Gasteiger partial charge < -0.3 is 10.1 Å². The Hall–Kier alpha value is -3.23. The quantitative estimate of drug-likeness (QED) is 0.468. The van der Waals surface area contributed by atoms with E-state index in [4.69, 9.17) is 0 Å². The molecule has 0 atom stereocenters. The second-order valence-corrected chi connectivity index (χ2v) is 4.66. The molecule has 23 heavy (non-hydrogen) atoms. The van der Waals surface area contributed by atoms with Crippen LogP contribution in [-0.4, -0.2) is 60.2 Å². The highest BCUT2D eigenvalue weighted by molar-refractivity contribution is 6.44. The Kier molecular flexibility index (Phi) is 4.39. The minimum atomic E-state index is -1.05. The van der Waals surface area contributed by atoms with Gasteiger partial charge in [-0.05, 0) is 24.3 Å². The molecule has 0 saturated carbocycles. The number of hydrogen-bond acceptors (Lipinski definition) is 6. The van der Waals surface area contributed by atoms with E-state index in [-0.39, 0.29) is 0 Å². The number of nitrogens with one attached hydrogen (secondary N) is 1. The maximum absolute atomic E-state index is 11.9. The zero-order valence-corrected chi connectivity index (χ0v) is 12.4. The standard InChI is InChI=1S/C14H13N3O6/c1-16-11(19)12(20)17(14(16)22)7-10(18)15-9-5-3-8(4-6-9)13(21)23-2/h3-6H,7H2,1-2H3,(H,15,18). The number of urea groups is 1. The first-order valence-corrected chi connectivity index (χ1v) is 6.47. The number of carbonyl (C=O) groups excluding carboxylic acids is 5. The first-order valence-electron chi connectivity index (χ1n) is 6.47. The van der Waals surface area contributed by atoms with E-state index in [1.54, 1.807) is 0 Å². The van der Waals surface area contributed by atoms with Crippen molar-refractivity contribution in [3.8, 4) is 0 Å². The number of nitrogens with zero attached hydrogens (tertiary/aromatic N) is 2. The van der Waals surface area contributed by atoms with Gasteiger partial charge >= 0.3 is 23.8 Å². The Labute approximate surface area is 130 Å². The van der Waals surface area contributed by atoms with Crippen molar-refractivity contribution < 1.29 is 28.7 Å². The summed E-state index contributed by atoms with van der Waals surface area (Å²) in [6, 6.07) is 4.98. The van der Waals surface area contributed by atoms with E-state index in [0.717, 1.165) is 7.05 Å². The van der Waals surface area contributed by atoms with Gasteiger partial charge in [0, 0.05) is 12.7 Å². The van der Waals surface area contributed by atoms with Crippen LogP contribution in [0.2, 0.25) is 0 Å². The van der Waals surface area contributed by atoms with Crippen LogP contribution < -0.4 is 5.32 Å². The number of anilines is 1. The minimum absolute atomic E-state index is 0.308. The molecule has 1 heterocycles. The summed E-state index contributed by atoms with van der Waals surface area (Å²) in [6.45, 7) is -0.577. The zero-order valence-electron chi connectivity index (χ0n) is 12.4. The number of esters is 1. The average molecular weight is 319 g/mol. The van der Waals surface area contributed by atoms with Crippen molar-refractivity contribution in [1.29, 1.82) is 0 Å². The largest absolute Gasteiger partial charge is 0.465 e. The molecule has 0 radical (unpaired) electrons. The summed E-state index contributed by atoms with van der Waals surface area (Å²) in [4.78, 5) is 58.9. The molecule has 0 spiro atoms. The van der Waals surface area contributed by atoms with Gasteiger partial charge in [0.05, 0.1) is 12.7 Å². The number of likely N-dealkylation sites (N-methyl/N-ethyl adjacent to an activating group) is 1. The number of ether oxygens (including phenoxy) is 1. The van der Waals surface area contributed by atoms with Gasteiger partial charge in [-0.15, -0.1) is 0 Å². The third-order valence-electron chi connectivity index (χ3n) is 3.14. The third kappa shape index (κ3) is 3.18. The van der Waals surface area contributed by atoms with Crippen LogP contribution in [0.3, 0.4) is 0 Å². The SMILES string of the molecule is COC(=O)c1ccc(NC(=O)CN2C(=O)C(=O)N(C)C2=O)cc1. The predicted molar refractivity (Wildman–Crippen MR) is 76.3 cm³/mol. The number of hydrogen-bond donors (Lipinski definition) is 1. The van der Waals surface area contributed by atoms with Gasteiger partial charge in [-0.2, -0.15) is 0 Å². The molecule has 1 fully saturated rings. The zero-order chi connectivity index (χ0) is 17.1. The Morgan fingerprint density at radius 2 is 1.70 bits per heavy atom. The van der Waals surface area contributed by atoms with E-state index in [1.807, 2.05) is 0 Å². The molecule has 1 aromatic rings. The number of methoxy groups -OCH3 is 1. The molecule has 1 aliphatic heterocycles. The van der Waals surface area contributed by atoms with Crippen molar-refractivity contribution in [2.75, 3.05) is 26.0 Å². The Morgan fingerprint density at radius 1 is 1.09 bits per heavy atom. The third-order valence-corrected chi connectivity index (χ3v) is 3.14. The average Bonchev–Trinajstić information content (AvgIpc) is 2.72. The summed E-state index contributed by atoms with van der Waals surface area (Å²) in [5.41, 5.74) is 0.670. The topological polar surface area (TPSA) is 113 Å². The summed E-state index contributed by atoms with van der Waals surface area (Å²) < 4.78 is 4.55. The van der Waals surface area contributed by atoms with Crippen LogP contribution in [0, 0.1) is 0 Å². The fourth-order valence-electron chi connectivity index (χ4n) is 1.90. The molecule has 1 aliphatic rings. The van der Waals surface area contributed by atoms with Crippen LogP contribution in [0.5, 0.6) is 0 Å². The summed E-state index contributed by atoms with van der Waals surface area (Å²) >= 11 is 0. The van der Waals surface area contributed by atoms with Gasteiger partial charge in [0.25, 0.3) is 0 Å². The van der Waals surface area contributed by atoms with Gasteiger partial charge in [-0.3, -0.25) is 19.3 Å². The van der Waals surface area contributed by atoms with Crippen molar-refractivity contribution in [3.63, 3.8) is 0 Å². The lowest BCUT2D eigenvalue weighted by atomic mass is 10.2. The number of carbonyl (C=O) groups is 5. The minimum Gasteiger partial charge on any atom is -0.465 e. The highest BCUT2D eigenvalue weighted by Gasteiger charge is 2.42. The molecular formula is C14H13N3O6. The molecule has 9 heteroatoms. The highest BCUT2D eigenvalue weighted by atomic mass is 16.5. The number of benzene rings is 1. The van der Waals surface area contributed by atoms with Gasteiger partial charge in [0.2, 0.25) is 5.91 Å². The lowest BCUT2D eigenvalue weighted by Crippen LogP contribution is -2.38. The van der Waals surface area contributed by atoms with Crippen molar-refractivity contribution >= 4 is 35.4 Å². The smallest absolute Gasteiger partial charge is 0.337 e. The first-order chi connectivity index (χ1) is 10.8. The molecule has 1 aromatic carbocycles. The molecule has 0 aromatic heterocycles. The number of amides is 5. The van der Waals surface area contributed by atoms with E-state index >= 15 is 0 Å². The van der Waals surface area contributed by atoms with E-state index in [2.05, 4.69) is 10.1 Å². The second-order valence-electron chi connectivity index (χ2n) is 4.66. The maximum atomic E-state index is 11.9. The first kappa shape index (κ1) is 16.1. The molecule has 0 bridgehead atoms. The fraction of sp³-hybridized carbons (Fsp3) is 0.214. The van der Waals surface area contributed by atoms with Gasteiger partial charge in [-0.25, -0.2) is 14.5 Å². The Bertz CT molecular complexity index is 697. The molecule has 120 valence electrons. The van der Waals surface area contributed by atoms with Gasteiger partial charge in [0.15, 0.2) is 0 Å². The van der Waals surface area contributed by atoms with Crippen molar-refractivity contribution in [2.45, 2.75) is 0 Å². The van der Waals surface area contributed by atoms with E-state index in [1.165, 1.54) is 31.4 Å². The fourth-order valence-corrected chi connectivity index (χ4v) is 1.90. The molecule has 1 N–H and O–H groups in total.